The predicted molar refractivity (Wildman–Crippen MR) is 103 cm³/mol. The Hall–Kier alpha value is -3.35. The molecule has 144 valence electrons. The summed E-state index contributed by atoms with van der Waals surface area (Å²) in [7, 11) is 1.73. The first-order valence-electron chi connectivity index (χ1n) is 9.33. The number of hydrogen-bond acceptors (Lipinski definition) is 4. The quantitative estimate of drug-likeness (QED) is 0.655. The highest BCUT2D eigenvalue weighted by Crippen LogP contribution is 2.24. The van der Waals surface area contributed by atoms with Crippen LogP contribution in [-0.2, 0) is 24.8 Å². The number of amides is 1. The SMILES string of the molecule is CCOC(=O)c1c2c(nn1C)CCN(C(=O)c1ccc(-n3cccc3)cc1)C2. The van der Waals surface area contributed by atoms with Crippen molar-refractivity contribution < 1.29 is 14.3 Å². The number of esters is 1. The Morgan fingerprint density at radius 3 is 2.54 bits per heavy atom. The zero-order chi connectivity index (χ0) is 19.7. The number of benzene rings is 1. The minimum atomic E-state index is -0.399. The summed E-state index contributed by atoms with van der Waals surface area (Å²) in [6, 6.07) is 11.4. The molecule has 0 saturated heterocycles. The number of fused-ring (bicyclic) bond motifs is 1. The van der Waals surface area contributed by atoms with Gasteiger partial charge in [-0.3, -0.25) is 9.48 Å². The first kappa shape index (κ1) is 18.0. The molecule has 3 heterocycles. The topological polar surface area (TPSA) is 69.4 Å². The summed E-state index contributed by atoms with van der Waals surface area (Å²) in [5.41, 5.74) is 3.69. The molecule has 7 nitrogen and oxygen atoms in total. The van der Waals surface area contributed by atoms with E-state index in [-0.39, 0.29) is 5.91 Å². The van der Waals surface area contributed by atoms with E-state index in [1.165, 1.54) is 0 Å². The molecular formula is C21H22N4O3. The van der Waals surface area contributed by atoms with Gasteiger partial charge < -0.3 is 14.2 Å². The highest BCUT2D eigenvalue weighted by Gasteiger charge is 2.30. The number of ether oxygens (including phenoxy) is 1. The van der Waals surface area contributed by atoms with Crippen molar-refractivity contribution in [3.63, 3.8) is 0 Å². The van der Waals surface area contributed by atoms with Gasteiger partial charge in [0.2, 0.25) is 0 Å². The standard InChI is InChI=1S/C21H22N4O3/c1-3-28-21(27)19-17-14-25(13-10-18(17)22-23(19)2)20(26)15-6-8-16(9-7-15)24-11-4-5-12-24/h4-9,11-12H,3,10,13-14H2,1-2H3. The van der Waals surface area contributed by atoms with Crippen molar-refractivity contribution in [2.24, 2.45) is 7.05 Å². The zero-order valence-electron chi connectivity index (χ0n) is 16.0. The summed E-state index contributed by atoms with van der Waals surface area (Å²) in [6.45, 7) is 3.00. The van der Waals surface area contributed by atoms with Gasteiger partial charge in [0.05, 0.1) is 18.8 Å². The van der Waals surface area contributed by atoms with Crippen LogP contribution in [0.3, 0.4) is 0 Å². The first-order valence-corrected chi connectivity index (χ1v) is 9.33. The largest absolute Gasteiger partial charge is 0.461 e. The number of nitrogens with zero attached hydrogens (tertiary/aromatic N) is 4. The molecule has 0 atom stereocenters. The fraction of sp³-hybridized carbons (Fsp3) is 0.286. The van der Waals surface area contributed by atoms with Crippen molar-refractivity contribution in [2.75, 3.05) is 13.2 Å². The second kappa shape index (κ2) is 7.34. The van der Waals surface area contributed by atoms with Gasteiger partial charge in [-0.25, -0.2) is 4.79 Å². The molecule has 0 unspecified atom stereocenters. The Balaban J connectivity index is 1.55. The maximum Gasteiger partial charge on any atom is 0.356 e. The summed E-state index contributed by atoms with van der Waals surface area (Å²) < 4.78 is 8.70. The molecule has 0 radical (unpaired) electrons. The lowest BCUT2D eigenvalue weighted by Gasteiger charge is -2.27. The van der Waals surface area contributed by atoms with Crippen LogP contribution in [0, 0.1) is 0 Å². The van der Waals surface area contributed by atoms with Crippen LogP contribution in [0.4, 0.5) is 0 Å². The molecule has 0 N–H and O–H groups in total. The van der Waals surface area contributed by atoms with Crippen LogP contribution < -0.4 is 0 Å². The molecule has 0 bridgehead atoms. The van der Waals surface area contributed by atoms with Crippen LogP contribution in [0.5, 0.6) is 0 Å². The first-order chi connectivity index (χ1) is 13.6. The summed E-state index contributed by atoms with van der Waals surface area (Å²) in [4.78, 5) is 27.1. The van der Waals surface area contributed by atoms with E-state index in [1.54, 1.807) is 23.6 Å². The third-order valence-electron chi connectivity index (χ3n) is 4.97. The molecule has 3 aromatic rings. The van der Waals surface area contributed by atoms with E-state index in [2.05, 4.69) is 5.10 Å². The van der Waals surface area contributed by atoms with Crippen LogP contribution in [0.2, 0.25) is 0 Å². The van der Waals surface area contributed by atoms with E-state index in [9.17, 15) is 9.59 Å². The average Bonchev–Trinajstić information content (AvgIpc) is 3.34. The van der Waals surface area contributed by atoms with Gasteiger partial charge in [-0.15, -0.1) is 0 Å². The van der Waals surface area contributed by atoms with Gasteiger partial charge in [0.1, 0.15) is 0 Å². The Morgan fingerprint density at radius 1 is 1.14 bits per heavy atom. The van der Waals surface area contributed by atoms with Gasteiger partial charge in [0, 0.05) is 49.2 Å². The fourth-order valence-electron chi connectivity index (χ4n) is 3.59. The van der Waals surface area contributed by atoms with Crippen molar-refractivity contribution in [1.29, 1.82) is 0 Å². The molecule has 1 aromatic carbocycles. The fourth-order valence-corrected chi connectivity index (χ4v) is 3.59. The Morgan fingerprint density at radius 2 is 1.86 bits per heavy atom. The number of carbonyl (C=O) groups excluding carboxylic acids is 2. The lowest BCUT2D eigenvalue weighted by Crippen LogP contribution is -2.36. The Kier molecular flexibility index (Phi) is 4.73. The molecule has 0 spiro atoms. The maximum absolute atomic E-state index is 13.0. The molecule has 28 heavy (non-hydrogen) atoms. The second-order valence-electron chi connectivity index (χ2n) is 6.73. The predicted octanol–water partition coefficient (Wildman–Crippen LogP) is 2.59. The smallest absolute Gasteiger partial charge is 0.356 e. The average molecular weight is 378 g/mol. The van der Waals surface area contributed by atoms with Crippen molar-refractivity contribution >= 4 is 11.9 Å². The van der Waals surface area contributed by atoms with Gasteiger partial charge >= 0.3 is 5.97 Å². The summed E-state index contributed by atoms with van der Waals surface area (Å²) >= 11 is 0. The van der Waals surface area contributed by atoms with E-state index >= 15 is 0 Å². The van der Waals surface area contributed by atoms with E-state index in [0.717, 1.165) is 16.9 Å². The summed E-state index contributed by atoms with van der Waals surface area (Å²) in [5.74, 6) is -0.451. The molecule has 1 amide bonds. The van der Waals surface area contributed by atoms with Gasteiger partial charge in [-0.05, 0) is 43.3 Å². The highest BCUT2D eigenvalue weighted by molar-refractivity contribution is 5.95. The number of hydrogen-bond donors (Lipinski definition) is 0. The molecule has 7 heteroatoms. The van der Waals surface area contributed by atoms with Crippen molar-refractivity contribution in [3.05, 3.63) is 71.3 Å². The van der Waals surface area contributed by atoms with Crippen molar-refractivity contribution in [3.8, 4) is 5.69 Å². The number of aryl methyl sites for hydroxylation is 1. The van der Waals surface area contributed by atoms with Crippen LogP contribution in [0.1, 0.15) is 39.0 Å². The van der Waals surface area contributed by atoms with Gasteiger partial charge in [-0.2, -0.15) is 5.10 Å². The minimum Gasteiger partial charge on any atom is -0.461 e. The molecule has 0 fully saturated rings. The highest BCUT2D eigenvalue weighted by atomic mass is 16.5. The molecule has 1 aliphatic rings. The normalized spacial score (nSPS) is 13.3. The van der Waals surface area contributed by atoms with Gasteiger partial charge in [0.15, 0.2) is 5.69 Å². The minimum absolute atomic E-state index is 0.0524. The van der Waals surface area contributed by atoms with E-state index in [0.29, 0.717) is 37.4 Å². The van der Waals surface area contributed by atoms with Crippen LogP contribution >= 0.6 is 0 Å². The van der Waals surface area contributed by atoms with Crippen molar-refractivity contribution in [2.45, 2.75) is 19.9 Å². The van der Waals surface area contributed by atoms with Gasteiger partial charge in [0.25, 0.3) is 5.91 Å². The second-order valence-corrected chi connectivity index (χ2v) is 6.73. The lowest BCUT2D eigenvalue weighted by molar-refractivity contribution is 0.0508. The Labute approximate surface area is 163 Å². The molecule has 0 aliphatic carbocycles. The molecule has 0 saturated carbocycles. The number of aromatic nitrogens is 3. The number of carbonyl (C=O) groups is 2. The van der Waals surface area contributed by atoms with E-state index in [4.69, 9.17) is 4.74 Å². The number of rotatable bonds is 4. The zero-order valence-corrected chi connectivity index (χ0v) is 16.0. The summed E-state index contributed by atoms with van der Waals surface area (Å²) in [6.07, 6.45) is 4.54. The monoisotopic (exact) mass is 378 g/mol. The van der Waals surface area contributed by atoms with Crippen molar-refractivity contribution in [1.82, 2.24) is 19.2 Å². The maximum atomic E-state index is 13.0. The summed E-state index contributed by atoms with van der Waals surface area (Å²) in [5, 5.41) is 4.44. The van der Waals surface area contributed by atoms with E-state index < -0.39 is 5.97 Å². The Bertz CT molecular complexity index is 1000. The third-order valence-corrected chi connectivity index (χ3v) is 4.97. The van der Waals surface area contributed by atoms with Crippen LogP contribution in [-0.4, -0.2) is 44.3 Å². The molecule has 4 rings (SSSR count). The van der Waals surface area contributed by atoms with Crippen LogP contribution in [0.15, 0.2) is 48.8 Å². The lowest BCUT2D eigenvalue weighted by atomic mass is 10.0. The molecule has 1 aliphatic heterocycles. The van der Waals surface area contributed by atoms with Crippen LogP contribution in [0.25, 0.3) is 5.69 Å². The van der Waals surface area contributed by atoms with Gasteiger partial charge in [-0.1, -0.05) is 0 Å². The molecular weight excluding hydrogens is 356 g/mol. The third kappa shape index (κ3) is 3.19. The molecule has 2 aromatic heterocycles. The van der Waals surface area contributed by atoms with E-state index in [1.807, 2.05) is 53.4 Å².